The molecule has 5 rings (SSSR count). The van der Waals surface area contributed by atoms with E-state index < -0.39 is 0 Å². The molecule has 0 spiro atoms. The number of hydrazine groups is 1. The van der Waals surface area contributed by atoms with Gasteiger partial charge in [0.2, 0.25) is 0 Å². The third kappa shape index (κ3) is 4.81. The first-order chi connectivity index (χ1) is 17.0. The Kier molecular flexibility index (Phi) is 7.09. The summed E-state index contributed by atoms with van der Waals surface area (Å²) in [6.45, 7) is 6.53. The van der Waals surface area contributed by atoms with E-state index in [0.29, 0.717) is 11.6 Å². The van der Waals surface area contributed by atoms with E-state index in [1.54, 1.807) is 5.01 Å². The molecule has 0 unspecified atom stereocenters. The Morgan fingerprint density at radius 2 is 1.94 bits per heavy atom. The Morgan fingerprint density at radius 1 is 1.20 bits per heavy atom. The predicted molar refractivity (Wildman–Crippen MR) is 146 cm³/mol. The van der Waals surface area contributed by atoms with Crippen LogP contribution in [0.15, 0.2) is 30.1 Å². The molecular weight excluding hydrogens is 458 g/mol. The number of fused-ring (bicyclic) bond motifs is 3. The summed E-state index contributed by atoms with van der Waals surface area (Å²) in [4.78, 5) is 12.6. The Bertz CT molecular complexity index is 1220. The van der Waals surface area contributed by atoms with Gasteiger partial charge in [0.25, 0.3) is 0 Å². The van der Waals surface area contributed by atoms with E-state index in [4.69, 9.17) is 26.3 Å². The van der Waals surface area contributed by atoms with Gasteiger partial charge < -0.3 is 24.9 Å². The first-order valence-corrected chi connectivity index (χ1v) is 13.8. The fraction of sp³-hybridized carbons (Fsp3) is 0.538. The van der Waals surface area contributed by atoms with Crippen LogP contribution in [0.2, 0.25) is 0 Å². The van der Waals surface area contributed by atoms with Crippen LogP contribution in [0.1, 0.15) is 38.2 Å². The van der Waals surface area contributed by atoms with Gasteiger partial charge in [-0.15, -0.1) is 0 Å². The molecular formula is C26H37N7OS. The van der Waals surface area contributed by atoms with Gasteiger partial charge in [-0.1, -0.05) is 0 Å². The molecule has 2 saturated heterocycles. The lowest BCUT2D eigenvalue weighted by Gasteiger charge is -2.32. The molecule has 3 aromatic heterocycles. The van der Waals surface area contributed by atoms with Crippen molar-refractivity contribution in [1.29, 1.82) is 0 Å². The topological polar surface area (TPSA) is 98.5 Å². The van der Waals surface area contributed by atoms with E-state index in [9.17, 15) is 0 Å². The first kappa shape index (κ1) is 24.2. The molecule has 8 nitrogen and oxygen atoms in total. The summed E-state index contributed by atoms with van der Waals surface area (Å²) in [5, 5.41) is 3.42. The number of thioether (sulfide) groups is 1. The largest absolute Gasteiger partial charge is 0.401 e. The van der Waals surface area contributed by atoms with Gasteiger partial charge in [0.15, 0.2) is 0 Å². The minimum Gasteiger partial charge on any atom is -0.401 e. The highest BCUT2D eigenvalue weighted by molar-refractivity contribution is 7.99. The fourth-order valence-electron chi connectivity index (χ4n) is 5.52. The Morgan fingerprint density at radius 3 is 2.60 bits per heavy atom. The standard InChI is InChI=1S/C26H37N7OS/c1-17(27)25(31(2)28)19-14-22-24(29-15-19)21-4-5-23(32-10-6-20(35-3)7-11-32)30-26(21)33(22)16-18-8-12-34-13-9-18/h4-5,14-15,18,20H,6-13,16,27-28H2,1-3H3/b25-17-. The average Bonchev–Trinajstić information content (AvgIpc) is 3.16. The minimum absolute atomic E-state index is 0.553. The molecule has 35 heavy (non-hydrogen) atoms. The van der Waals surface area contributed by atoms with E-state index >= 15 is 0 Å². The summed E-state index contributed by atoms with van der Waals surface area (Å²) in [7, 11) is 1.81. The van der Waals surface area contributed by atoms with Crippen molar-refractivity contribution in [3.05, 3.63) is 35.7 Å². The summed E-state index contributed by atoms with van der Waals surface area (Å²) in [5.41, 5.74) is 11.6. The van der Waals surface area contributed by atoms with Crippen LogP contribution in [0.3, 0.4) is 0 Å². The molecule has 0 bridgehead atoms. The maximum Gasteiger partial charge on any atom is 0.145 e. The second-order valence-corrected chi connectivity index (χ2v) is 11.0. The molecule has 2 fully saturated rings. The van der Waals surface area contributed by atoms with Gasteiger partial charge in [0, 0.05) is 68.0 Å². The number of nitrogens with two attached hydrogens (primary N) is 2. The number of hydrogen-bond acceptors (Lipinski definition) is 8. The van der Waals surface area contributed by atoms with Crippen molar-refractivity contribution in [3.63, 3.8) is 0 Å². The van der Waals surface area contributed by atoms with E-state index in [1.165, 1.54) is 12.8 Å². The zero-order chi connectivity index (χ0) is 24.5. The molecule has 2 aliphatic heterocycles. The molecule has 0 radical (unpaired) electrons. The van der Waals surface area contributed by atoms with Gasteiger partial charge in [0.05, 0.1) is 16.7 Å². The molecule has 0 aromatic carbocycles. The van der Waals surface area contributed by atoms with Crippen LogP contribution < -0.4 is 16.5 Å². The number of pyridine rings is 2. The Balaban J connectivity index is 1.62. The summed E-state index contributed by atoms with van der Waals surface area (Å²) >= 11 is 1.98. The lowest BCUT2D eigenvalue weighted by molar-refractivity contribution is 0.0619. The van der Waals surface area contributed by atoms with Crippen LogP contribution >= 0.6 is 11.8 Å². The molecule has 9 heteroatoms. The van der Waals surface area contributed by atoms with Crippen LogP contribution in [0.25, 0.3) is 27.8 Å². The van der Waals surface area contributed by atoms with Crippen molar-refractivity contribution in [2.24, 2.45) is 17.5 Å². The van der Waals surface area contributed by atoms with Crippen LogP contribution in [0.4, 0.5) is 5.82 Å². The van der Waals surface area contributed by atoms with Crippen LogP contribution in [0.5, 0.6) is 0 Å². The van der Waals surface area contributed by atoms with Gasteiger partial charge in [0.1, 0.15) is 11.5 Å². The van der Waals surface area contributed by atoms with Gasteiger partial charge >= 0.3 is 0 Å². The number of allylic oxidation sites excluding steroid dienone is 1. The Hall–Kier alpha value is -2.49. The van der Waals surface area contributed by atoms with Crippen molar-refractivity contribution in [3.8, 4) is 0 Å². The zero-order valence-corrected chi connectivity index (χ0v) is 21.9. The maximum absolute atomic E-state index is 6.19. The second-order valence-electron chi connectivity index (χ2n) is 9.86. The highest BCUT2D eigenvalue weighted by Crippen LogP contribution is 2.33. The lowest BCUT2D eigenvalue weighted by atomic mass is 10.0. The van der Waals surface area contributed by atoms with Gasteiger partial charge in [-0.3, -0.25) is 4.98 Å². The van der Waals surface area contributed by atoms with E-state index in [-0.39, 0.29) is 0 Å². The summed E-state index contributed by atoms with van der Waals surface area (Å²) < 4.78 is 8.00. The number of aromatic nitrogens is 3. The van der Waals surface area contributed by atoms with Gasteiger partial charge in [-0.05, 0) is 63.0 Å². The smallest absolute Gasteiger partial charge is 0.145 e. The van der Waals surface area contributed by atoms with Crippen LogP contribution in [-0.2, 0) is 11.3 Å². The summed E-state index contributed by atoms with van der Waals surface area (Å²) in [6, 6.07) is 6.54. The maximum atomic E-state index is 6.19. The first-order valence-electron chi connectivity index (χ1n) is 12.6. The van der Waals surface area contributed by atoms with Crippen molar-refractivity contribution >= 4 is 45.3 Å². The van der Waals surface area contributed by atoms with Crippen molar-refractivity contribution in [1.82, 2.24) is 19.5 Å². The summed E-state index contributed by atoms with van der Waals surface area (Å²) in [5.74, 6) is 7.74. The van der Waals surface area contributed by atoms with E-state index in [0.717, 1.165) is 90.1 Å². The molecule has 188 valence electrons. The molecule has 4 N–H and O–H groups in total. The normalized spacial score (nSPS) is 18.9. The van der Waals surface area contributed by atoms with Crippen LogP contribution in [-0.4, -0.2) is 64.4 Å². The fourth-order valence-corrected chi connectivity index (χ4v) is 6.20. The molecule has 3 aromatic rings. The quantitative estimate of drug-likeness (QED) is 0.394. The SMILES string of the molecule is CSC1CCN(c2ccc3c4ncc(/C(=C(\C)N)N(C)N)cc4n(CC4CCOCC4)c3n2)CC1. The molecule has 0 amide bonds. The lowest BCUT2D eigenvalue weighted by Crippen LogP contribution is -2.35. The van der Waals surface area contributed by atoms with E-state index in [2.05, 4.69) is 33.9 Å². The zero-order valence-electron chi connectivity index (χ0n) is 21.0. The second kappa shape index (κ2) is 10.2. The van der Waals surface area contributed by atoms with Gasteiger partial charge in [-0.2, -0.15) is 11.8 Å². The minimum atomic E-state index is 0.553. The van der Waals surface area contributed by atoms with Crippen LogP contribution in [0, 0.1) is 5.92 Å². The van der Waals surface area contributed by atoms with Crippen molar-refractivity contribution in [2.75, 3.05) is 44.5 Å². The van der Waals surface area contributed by atoms with E-state index in [1.807, 2.05) is 31.9 Å². The number of nitrogens with zero attached hydrogens (tertiary/aromatic N) is 5. The third-order valence-corrected chi connectivity index (χ3v) is 8.55. The number of anilines is 1. The molecule has 5 heterocycles. The molecule has 0 saturated carbocycles. The highest BCUT2D eigenvalue weighted by atomic mass is 32.2. The highest BCUT2D eigenvalue weighted by Gasteiger charge is 2.23. The van der Waals surface area contributed by atoms with Crippen molar-refractivity contribution < 1.29 is 4.74 Å². The molecule has 0 aliphatic carbocycles. The molecule has 0 atom stereocenters. The third-order valence-electron chi connectivity index (χ3n) is 7.41. The number of hydrogen-bond donors (Lipinski definition) is 2. The summed E-state index contributed by atoms with van der Waals surface area (Å²) in [6.07, 6.45) is 8.63. The number of piperidine rings is 1. The van der Waals surface area contributed by atoms with Crippen molar-refractivity contribution in [2.45, 2.75) is 44.4 Å². The number of rotatable bonds is 6. The average molecular weight is 496 g/mol. The van der Waals surface area contributed by atoms with Gasteiger partial charge in [-0.25, -0.2) is 10.8 Å². The predicted octanol–water partition coefficient (Wildman–Crippen LogP) is 3.80. The Labute approximate surface area is 211 Å². The number of ether oxygens (including phenoxy) is 1. The monoisotopic (exact) mass is 495 g/mol. The molecule has 2 aliphatic rings.